The van der Waals surface area contributed by atoms with Gasteiger partial charge in [0.15, 0.2) is 0 Å². The molecule has 0 radical (unpaired) electrons. The van der Waals surface area contributed by atoms with Crippen LogP contribution in [0.3, 0.4) is 0 Å². The highest BCUT2D eigenvalue weighted by Gasteiger charge is 2.60. The summed E-state index contributed by atoms with van der Waals surface area (Å²) in [6, 6.07) is 3.89. The smallest absolute Gasteiger partial charge is 0.228 e. The molecule has 3 aliphatic heterocycles. The van der Waals surface area contributed by atoms with E-state index in [1.807, 2.05) is 28.1 Å². The molecule has 2 amide bonds. The van der Waals surface area contributed by atoms with E-state index in [1.54, 1.807) is 6.20 Å². The predicted octanol–water partition coefficient (Wildman–Crippen LogP) is 0.391. The Labute approximate surface area is 140 Å². The van der Waals surface area contributed by atoms with Crippen molar-refractivity contribution in [1.29, 1.82) is 0 Å². The highest BCUT2D eigenvalue weighted by Crippen LogP contribution is 2.52. The van der Waals surface area contributed by atoms with E-state index in [0.717, 1.165) is 31.9 Å². The predicted molar refractivity (Wildman–Crippen MR) is 84.5 cm³/mol. The average molecular weight is 327 g/mol. The van der Waals surface area contributed by atoms with Crippen molar-refractivity contribution in [3.8, 4) is 0 Å². The van der Waals surface area contributed by atoms with Gasteiger partial charge in [0.25, 0.3) is 0 Å². The lowest BCUT2D eigenvalue weighted by Crippen LogP contribution is -2.37. The summed E-state index contributed by atoms with van der Waals surface area (Å²) < 4.78 is 5.38. The third kappa shape index (κ3) is 2.16. The molecule has 0 spiro atoms. The molecule has 3 saturated heterocycles. The second kappa shape index (κ2) is 5.28. The largest absolute Gasteiger partial charge is 0.381 e. The van der Waals surface area contributed by atoms with Gasteiger partial charge in [0.2, 0.25) is 11.8 Å². The zero-order valence-electron chi connectivity index (χ0n) is 13.5. The summed E-state index contributed by atoms with van der Waals surface area (Å²) >= 11 is 0. The average Bonchev–Trinajstić information content (AvgIpc) is 2.96. The van der Waals surface area contributed by atoms with E-state index < -0.39 is 0 Å². The standard InChI is InChI=1S/C18H21N3O3/c22-17-13-8-21(18(23)16-14-9-24-10-15(14)16)7-12(13)6-20(17)5-11-2-1-3-19-4-11/h1-4,12-16H,5-10H2/t12-,13+,14-,15+,16?/m1/s1. The number of pyridine rings is 1. The minimum Gasteiger partial charge on any atom is -0.381 e. The van der Waals surface area contributed by atoms with Gasteiger partial charge in [0.1, 0.15) is 0 Å². The molecule has 5 rings (SSSR count). The number of aromatic nitrogens is 1. The number of carbonyl (C=O) groups is 2. The Morgan fingerprint density at radius 3 is 2.79 bits per heavy atom. The Kier molecular flexibility index (Phi) is 3.16. The molecule has 6 nitrogen and oxygen atoms in total. The van der Waals surface area contributed by atoms with E-state index in [1.165, 1.54) is 0 Å². The monoisotopic (exact) mass is 327 g/mol. The molecule has 1 unspecified atom stereocenters. The summed E-state index contributed by atoms with van der Waals surface area (Å²) in [7, 11) is 0. The Hall–Kier alpha value is -1.95. The lowest BCUT2D eigenvalue weighted by molar-refractivity contribution is -0.135. The summed E-state index contributed by atoms with van der Waals surface area (Å²) in [5.74, 6) is 1.77. The van der Waals surface area contributed by atoms with Crippen LogP contribution in [-0.4, -0.2) is 59.4 Å². The number of ether oxygens (including phenoxy) is 1. The molecule has 126 valence electrons. The van der Waals surface area contributed by atoms with Crippen LogP contribution in [0.1, 0.15) is 5.56 Å². The maximum Gasteiger partial charge on any atom is 0.228 e. The van der Waals surface area contributed by atoms with Crippen LogP contribution in [0.2, 0.25) is 0 Å². The Morgan fingerprint density at radius 1 is 1.25 bits per heavy atom. The number of likely N-dealkylation sites (tertiary alicyclic amines) is 2. The van der Waals surface area contributed by atoms with E-state index in [-0.39, 0.29) is 29.6 Å². The third-order valence-corrected chi connectivity index (χ3v) is 6.17. The van der Waals surface area contributed by atoms with Gasteiger partial charge in [-0.25, -0.2) is 0 Å². The lowest BCUT2D eigenvalue weighted by Gasteiger charge is -2.22. The molecule has 1 aromatic rings. The molecular formula is C18H21N3O3. The van der Waals surface area contributed by atoms with Crippen molar-refractivity contribution in [1.82, 2.24) is 14.8 Å². The van der Waals surface area contributed by atoms with Gasteiger partial charge in [-0.2, -0.15) is 0 Å². The molecule has 24 heavy (non-hydrogen) atoms. The van der Waals surface area contributed by atoms with E-state index in [9.17, 15) is 9.59 Å². The fourth-order valence-electron chi connectivity index (χ4n) is 4.79. The summed E-state index contributed by atoms with van der Waals surface area (Å²) in [6.07, 6.45) is 3.55. The van der Waals surface area contributed by atoms with Crippen molar-refractivity contribution in [2.24, 2.45) is 29.6 Å². The van der Waals surface area contributed by atoms with Crippen LogP contribution in [-0.2, 0) is 20.9 Å². The van der Waals surface area contributed by atoms with Crippen molar-refractivity contribution < 1.29 is 14.3 Å². The quantitative estimate of drug-likeness (QED) is 0.806. The molecule has 0 bridgehead atoms. The second-order valence-corrected chi connectivity index (χ2v) is 7.58. The minimum absolute atomic E-state index is 0.0135. The SMILES string of the molecule is O=C(C1[C@H]2COC[C@@H]12)N1C[C@H]2CN(Cc3cccnc3)C(=O)[C@H]2C1. The maximum absolute atomic E-state index is 12.7. The normalized spacial score (nSPS) is 36.8. The molecule has 4 aliphatic rings. The number of hydrogen-bond donors (Lipinski definition) is 0. The van der Waals surface area contributed by atoms with E-state index >= 15 is 0 Å². The van der Waals surface area contributed by atoms with Crippen LogP contribution in [0.25, 0.3) is 0 Å². The van der Waals surface area contributed by atoms with Gasteiger partial charge >= 0.3 is 0 Å². The molecule has 1 aliphatic carbocycles. The zero-order chi connectivity index (χ0) is 16.3. The second-order valence-electron chi connectivity index (χ2n) is 7.58. The Bertz CT molecular complexity index is 669. The van der Waals surface area contributed by atoms with Crippen molar-refractivity contribution in [2.75, 3.05) is 32.8 Å². The van der Waals surface area contributed by atoms with Crippen molar-refractivity contribution in [3.63, 3.8) is 0 Å². The maximum atomic E-state index is 12.7. The first-order valence-corrected chi connectivity index (χ1v) is 8.76. The number of amides is 2. The first-order valence-electron chi connectivity index (χ1n) is 8.76. The molecule has 0 aromatic carbocycles. The fourth-order valence-corrected chi connectivity index (χ4v) is 4.79. The van der Waals surface area contributed by atoms with Gasteiger partial charge in [-0.1, -0.05) is 6.07 Å². The molecular weight excluding hydrogens is 306 g/mol. The summed E-state index contributed by atoms with van der Waals surface area (Å²) in [4.78, 5) is 33.3. The van der Waals surface area contributed by atoms with Crippen molar-refractivity contribution >= 4 is 11.8 Å². The Balaban J connectivity index is 1.22. The van der Waals surface area contributed by atoms with Gasteiger partial charge in [-0.15, -0.1) is 0 Å². The first-order chi connectivity index (χ1) is 11.7. The van der Waals surface area contributed by atoms with Crippen LogP contribution < -0.4 is 0 Å². The zero-order valence-corrected chi connectivity index (χ0v) is 13.5. The fraction of sp³-hybridized carbons (Fsp3) is 0.611. The summed E-state index contributed by atoms with van der Waals surface area (Å²) in [5, 5.41) is 0. The van der Waals surface area contributed by atoms with Gasteiger partial charge < -0.3 is 14.5 Å². The molecule has 1 aromatic heterocycles. The lowest BCUT2D eigenvalue weighted by atomic mass is 10.0. The number of fused-ring (bicyclic) bond motifs is 2. The number of rotatable bonds is 3. The van der Waals surface area contributed by atoms with Crippen LogP contribution in [0.5, 0.6) is 0 Å². The van der Waals surface area contributed by atoms with Gasteiger partial charge in [-0.05, 0) is 23.5 Å². The van der Waals surface area contributed by atoms with Crippen molar-refractivity contribution in [2.45, 2.75) is 6.54 Å². The summed E-state index contributed by atoms with van der Waals surface area (Å²) in [5.41, 5.74) is 1.06. The first kappa shape index (κ1) is 14.4. The molecule has 1 saturated carbocycles. The van der Waals surface area contributed by atoms with Gasteiger partial charge in [0, 0.05) is 50.4 Å². The van der Waals surface area contributed by atoms with E-state index in [0.29, 0.717) is 24.9 Å². The Morgan fingerprint density at radius 2 is 2.08 bits per heavy atom. The van der Waals surface area contributed by atoms with Crippen LogP contribution in [0, 0.1) is 29.6 Å². The topological polar surface area (TPSA) is 62.7 Å². The van der Waals surface area contributed by atoms with Crippen LogP contribution in [0.15, 0.2) is 24.5 Å². The number of carbonyl (C=O) groups excluding carboxylic acids is 2. The van der Waals surface area contributed by atoms with Gasteiger partial charge in [-0.3, -0.25) is 14.6 Å². The van der Waals surface area contributed by atoms with Crippen LogP contribution in [0.4, 0.5) is 0 Å². The molecule has 5 atom stereocenters. The number of hydrogen-bond acceptors (Lipinski definition) is 4. The van der Waals surface area contributed by atoms with Crippen molar-refractivity contribution in [3.05, 3.63) is 30.1 Å². The highest BCUT2D eigenvalue weighted by molar-refractivity contribution is 5.86. The summed E-state index contributed by atoms with van der Waals surface area (Å²) in [6.45, 7) is 4.18. The highest BCUT2D eigenvalue weighted by atomic mass is 16.5. The van der Waals surface area contributed by atoms with Gasteiger partial charge in [0.05, 0.1) is 19.1 Å². The van der Waals surface area contributed by atoms with E-state index in [4.69, 9.17) is 4.74 Å². The molecule has 6 heteroatoms. The third-order valence-electron chi connectivity index (χ3n) is 6.17. The molecule has 4 heterocycles. The minimum atomic E-state index is -0.0135. The number of nitrogens with zero attached hydrogens (tertiary/aromatic N) is 3. The molecule has 0 N–H and O–H groups in total. The van der Waals surface area contributed by atoms with E-state index in [2.05, 4.69) is 4.98 Å². The van der Waals surface area contributed by atoms with Crippen LogP contribution >= 0.6 is 0 Å². The molecule has 4 fully saturated rings.